The van der Waals surface area contributed by atoms with E-state index in [4.69, 9.17) is 33.2 Å². The molecule has 2 aliphatic heterocycles. The second-order valence-corrected chi connectivity index (χ2v) is 26.8. The molecular formula is C73H112N4O13. The van der Waals surface area contributed by atoms with Crippen LogP contribution in [0.4, 0.5) is 0 Å². The Kier molecular flexibility index (Phi) is 34.8. The number of nitrogens with zero attached hydrogens (tertiary/aromatic N) is 4. The summed E-state index contributed by atoms with van der Waals surface area (Å²) in [6.07, 6.45) is 17.0. The van der Waals surface area contributed by atoms with E-state index in [1.54, 1.807) is 48.5 Å². The zero-order valence-corrected chi connectivity index (χ0v) is 56.2. The molecule has 2 saturated heterocycles. The van der Waals surface area contributed by atoms with Crippen molar-refractivity contribution < 1.29 is 61.9 Å². The molecule has 0 aromatic heterocycles. The highest BCUT2D eigenvalue weighted by molar-refractivity contribution is 5.90. The lowest BCUT2D eigenvalue weighted by molar-refractivity contribution is -0.274. The zero-order chi connectivity index (χ0) is 65.0. The largest absolute Gasteiger partial charge is 0.461 e. The second-order valence-electron chi connectivity index (χ2n) is 26.8. The van der Waals surface area contributed by atoms with Crippen LogP contribution in [0.25, 0.3) is 0 Å². The molecule has 2 heterocycles. The molecule has 5 rings (SSSR count). The second kappa shape index (κ2) is 41.7. The lowest BCUT2D eigenvalue weighted by Gasteiger charge is -2.43. The van der Waals surface area contributed by atoms with Crippen LogP contribution in [0.2, 0.25) is 0 Å². The van der Waals surface area contributed by atoms with Gasteiger partial charge in [-0.25, -0.2) is 9.59 Å². The van der Waals surface area contributed by atoms with Gasteiger partial charge in [-0.2, -0.15) is 0 Å². The third-order valence-electron chi connectivity index (χ3n) is 16.7. The number of amides is 1. The standard InChI is InChI=1S/C73H112N4O13/c1-58-59(2)68(88-70(83)62-40-28-23-29-41-62)71(87-63(58)57-86-69(82)61-38-26-22-27-39-61)84-53-33-20-16-12-13-17-30-42-64(78)77-48-35-45-74(44-32-19-15-11-9-10-14-18-31-43-65(79)85-56-60-36-24-21-25-37-60)49-50-75(54-66(80)89-72(3,4)5)46-34-47-76(51-52-77)55-67(81)90-73(6,7)8/h21-29,36-41,58-59,63,68,71H,9-20,30-35,42-57H2,1-8H3/t58-,59-,63?,68?,71+/m0/s1. The van der Waals surface area contributed by atoms with Gasteiger partial charge in [-0.05, 0) is 129 Å². The first-order valence-corrected chi connectivity index (χ1v) is 34.1. The molecule has 5 atom stereocenters. The van der Waals surface area contributed by atoms with Gasteiger partial charge < -0.3 is 43.0 Å². The molecule has 0 N–H and O–H groups in total. The van der Waals surface area contributed by atoms with Crippen molar-refractivity contribution in [2.75, 3.05) is 85.2 Å². The lowest BCUT2D eigenvalue weighted by Crippen LogP contribution is -2.53. The van der Waals surface area contributed by atoms with Gasteiger partial charge in [0.05, 0.1) is 30.3 Å². The molecule has 2 unspecified atom stereocenters. The van der Waals surface area contributed by atoms with Gasteiger partial charge in [0, 0.05) is 71.2 Å². The number of hydrogen-bond acceptors (Lipinski definition) is 16. The fraction of sp³-hybridized carbons (Fsp3) is 0.671. The molecular weight excluding hydrogens is 1140 g/mol. The van der Waals surface area contributed by atoms with Crippen LogP contribution in [0.15, 0.2) is 91.0 Å². The molecule has 502 valence electrons. The summed E-state index contributed by atoms with van der Waals surface area (Å²) in [7, 11) is 0. The predicted octanol–water partition coefficient (Wildman–Crippen LogP) is 13.1. The monoisotopic (exact) mass is 1250 g/mol. The Bertz CT molecular complexity index is 2500. The fourth-order valence-corrected chi connectivity index (χ4v) is 11.5. The van der Waals surface area contributed by atoms with Crippen LogP contribution in [-0.4, -0.2) is 170 Å². The van der Waals surface area contributed by atoms with Crippen LogP contribution in [0.3, 0.4) is 0 Å². The normalized spacial score (nSPS) is 19.5. The minimum Gasteiger partial charge on any atom is -0.461 e. The molecule has 0 radical (unpaired) electrons. The summed E-state index contributed by atoms with van der Waals surface area (Å²) in [6, 6.07) is 27.5. The highest BCUT2D eigenvalue weighted by Gasteiger charge is 2.45. The van der Waals surface area contributed by atoms with Gasteiger partial charge in [0.15, 0.2) is 12.4 Å². The first-order valence-electron chi connectivity index (χ1n) is 34.1. The highest BCUT2D eigenvalue weighted by atomic mass is 16.7. The number of carbonyl (C=O) groups excluding carboxylic acids is 6. The first kappa shape index (κ1) is 75.0. The number of unbranched alkanes of at least 4 members (excludes halogenated alkanes) is 14. The summed E-state index contributed by atoms with van der Waals surface area (Å²) < 4.78 is 41.6. The SMILES string of the molecule is C[C@@H]1C(COC(=O)c2ccccc2)O[C@@H](OCCCCCCCCCC(=O)N2CCCN(CCCCCCCCCCCC(=O)OCc3ccccc3)CCN(CC(=O)OC(C)(C)C)CCCN(CC(=O)OC(C)(C)C)CC2)C(OC(=O)c2ccccc2)[C@H]1C. The van der Waals surface area contributed by atoms with Crippen molar-refractivity contribution in [1.29, 1.82) is 0 Å². The third kappa shape index (κ3) is 31.5. The molecule has 0 aliphatic carbocycles. The molecule has 2 fully saturated rings. The number of hydrogen-bond donors (Lipinski definition) is 0. The van der Waals surface area contributed by atoms with Crippen LogP contribution in [-0.2, 0) is 58.9 Å². The first-order chi connectivity index (χ1) is 43.2. The third-order valence-corrected chi connectivity index (χ3v) is 16.7. The Hall–Kier alpha value is -5.72. The van der Waals surface area contributed by atoms with Crippen LogP contribution >= 0.6 is 0 Å². The Balaban J connectivity index is 1.08. The van der Waals surface area contributed by atoms with Crippen molar-refractivity contribution in [2.24, 2.45) is 11.8 Å². The topological polar surface area (TPSA) is 180 Å². The zero-order valence-electron chi connectivity index (χ0n) is 56.2. The number of benzene rings is 3. The summed E-state index contributed by atoms with van der Waals surface area (Å²) in [5.41, 5.74) is 0.703. The molecule has 0 spiro atoms. The van der Waals surface area contributed by atoms with E-state index in [-0.39, 0.29) is 55.3 Å². The van der Waals surface area contributed by atoms with Crippen molar-refractivity contribution in [1.82, 2.24) is 19.6 Å². The Labute approximate surface area is 539 Å². The minimum atomic E-state index is -0.834. The van der Waals surface area contributed by atoms with E-state index in [0.29, 0.717) is 76.5 Å². The fourth-order valence-electron chi connectivity index (χ4n) is 11.5. The van der Waals surface area contributed by atoms with Crippen molar-refractivity contribution >= 4 is 35.8 Å². The molecule has 90 heavy (non-hydrogen) atoms. The molecule has 0 bridgehead atoms. The van der Waals surface area contributed by atoms with E-state index in [9.17, 15) is 28.8 Å². The highest BCUT2D eigenvalue weighted by Crippen LogP contribution is 2.34. The van der Waals surface area contributed by atoms with E-state index >= 15 is 0 Å². The van der Waals surface area contributed by atoms with E-state index < -0.39 is 41.6 Å². The van der Waals surface area contributed by atoms with Crippen LogP contribution in [0.5, 0.6) is 0 Å². The maximum Gasteiger partial charge on any atom is 0.338 e. The van der Waals surface area contributed by atoms with Gasteiger partial charge in [0.25, 0.3) is 0 Å². The summed E-state index contributed by atoms with van der Waals surface area (Å²) in [6.45, 7) is 22.6. The van der Waals surface area contributed by atoms with Crippen molar-refractivity contribution in [3.05, 3.63) is 108 Å². The molecule has 17 heteroatoms. The van der Waals surface area contributed by atoms with Crippen molar-refractivity contribution in [3.63, 3.8) is 0 Å². The minimum absolute atomic E-state index is 0.0418. The predicted molar refractivity (Wildman–Crippen MR) is 351 cm³/mol. The van der Waals surface area contributed by atoms with Crippen LogP contribution in [0, 0.1) is 11.8 Å². The molecule has 3 aromatic carbocycles. The number of carbonyl (C=O) groups is 6. The van der Waals surface area contributed by atoms with Gasteiger partial charge in [-0.15, -0.1) is 0 Å². The molecule has 17 nitrogen and oxygen atoms in total. The number of rotatable bonds is 34. The molecule has 2 aliphatic rings. The van der Waals surface area contributed by atoms with E-state index in [1.165, 1.54) is 25.7 Å². The van der Waals surface area contributed by atoms with E-state index in [0.717, 1.165) is 115 Å². The molecule has 1 amide bonds. The summed E-state index contributed by atoms with van der Waals surface area (Å²) in [5.74, 6) is -1.64. The summed E-state index contributed by atoms with van der Waals surface area (Å²) in [4.78, 5) is 87.9. The average Bonchev–Trinajstić information content (AvgIpc) is 1.60. The van der Waals surface area contributed by atoms with Gasteiger partial charge in [-0.1, -0.05) is 158 Å². The van der Waals surface area contributed by atoms with E-state index in [2.05, 4.69) is 14.7 Å². The summed E-state index contributed by atoms with van der Waals surface area (Å²) >= 11 is 0. The van der Waals surface area contributed by atoms with Crippen LogP contribution in [0.1, 0.15) is 210 Å². The van der Waals surface area contributed by atoms with Gasteiger partial charge in [-0.3, -0.25) is 29.0 Å². The number of esters is 5. The quantitative estimate of drug-likeness (QED) is 0.0313. The smallest absolute Gasteiger partial charge is 0.338 e. The summed E-state index contributed by atoms with van der Waals surface area (Å²) in [5, 5.41) is 0. The van der Waals surface area contributed by atoms with Crippen LogP contribution < -0.4 is 0 Å². The molecule has 3 aromatic rings. The maximum absolute atomic E-state index is 14.2. The molecule has 0 saturated carbocycles. The lowest BCUT2D eigenvalue weighted by atomic mass is 9.83. The van der Waals surface area contributed by atoms with Gasteiger partial charge in [0.2, 0.25) is 5.91 Å². The maximum atomic E-state index is 14.2. The Morgan fingerprint density at radius 3 is 1.51 bits per heavy atom. The van der Waals surface area contributed by atoms with Gasteiger partial charge >= 0.3 is 29.8 Å². The van der Waals surface area contributed by atoms with Crippen molar-refractivity contribution in [2.45, 2.75) is 220 Å². The van der Waals surface area contributed by atoms with E-state index in [1.807, 2.05) is 103 Å². The van der Waals surface area contributed by atoms with Gasteiger partial charge in [0.1, 0.15) is 24.4 Å². The Morgan fingerprint density at radius 2 is 0.944 bits per heavy atom. The van der Waals surface area contributed by atoms with Crippen molar-refractivity contribution in [3.8, 4) is 0 Å². The Morgan fingerprint density at radius 1 is 0.478 bits per heavy atom. The average molecular weight is 1250 g/mol. The number of ether oxygens (including phenoxy) is 7.